The van der Waals surface area contributed by atoms with Crippen molar-refractivity contribution in [2.75, 3.05) is 27.2 Å². The van der Waals surface area contributed by atoms with Crippen molar-refractivity contribution in [3.8, 4) is 0 Å². The lowest BCUT2D eigenvalue weighted by atomic mass is 10.0. The number of aliphatic imine (C=N–C) groups is 1. The van der Waals surface area contributed by atoms with Crippen LogP contribution in [0.2, 0.25) is 0 Å². The molecule has 8 heteroatoms. The third-order valence-electron chi connectivity index (χ3n) is 4.51. The van der Waals surface area contributed by atoms with Crippen molar-refractivity contribution in [3.63, 3.8) is 0 Å². The van der Waals surface area contributed by atoms with E-state index < -0.39 is 17.6 Å². The maximum absolute atomic E-state index is 12.9. The zero-order valence-electron chi connectivity index (χ0n) is 16.1. The second-order valence-corrected chi connectivity index (χ2v) is 7.09. The lowest BCUT2D eigenvalue weighted by Gasteiger charge is -2.36. The Kier molecular flexibility index (Phi) is 6.86. The summed E-state index contributed by atoms with van der Waals surface area (Å²) < 4.78 is 44.4. The Labute approximate surface area is 157 Å². The van der Waals surface area contributed by atoms with Crippen molar-refractivity contribution in [3.05, 3.63) is 35.4 Å². The molecule has 0 saturated carbocycles. The molecule has 1 aliphatic rings. The zero-order chi connectivity index (χ0) is 20.2. The van der Waals surface area contributed by atoms with Crippen molar-refractivity contribution in [1.82, 2.24) is 9.80 Å². The topological polar surface area (TPSA) is 45.1 Å². The van der Waals surface area contributed by atoms with E-state index in [2.05, 4.69) is 9.89 Å². The Morgan fingerprint density at radius 3 is 2.48 bits per heavy atom. The lowest BCUT2D eigenvalue weighted by molar-refractivity contribution is -0.137. The summed E-state index contributed by atoms with van der Waals surface area (Å²) in [5, 5.41) is 0. The number of carbonyl (C=O) groups is 1. The van der Waals surface area contributed by atoms with E-state index in [1.807, 2.05) is 25.8 Å². The molecular weight excluding hydrogens is 359 g/mol. The number of benzene rings is 1. The van der Waals surface area contributed by atoms with Gasteiger partial charge in [0, 0.05) is 18.7 Å². The summed E-state index contributed by atoms with van der Waals surface area (Å²) in [5.74, 6) is -0.753. The fourth-order valence-corrected chi connectivity index (χ4v) is 2.92. The zero-order valence-corrected chi connectivity index (χ0v) is 16.1. The van der Waals surface area contributed by atoms with Gasteiger partial charge in [0.1, 0.15) is 0 Å². The number of amides is 1. The minimum absolute atomic E-state index is 0.119. The van der Waals surface area contributed by atoms with Gasteiger partial charge in [0.2, 0.25) is 0 Å². The smallest absolute Gasteiger partial charge is 0.416 e. The Morgan fingerprint density at radius 1 is 1.30 bits per heavy atom. The number of alkyl halides is 3. The number of halogens is 3. The first-order valence-electron chi connectivity index (χ1n) is 8.96. The van der Waals surface area contributed by atoms with Crippen LogP contribution in [0.1, 0.15) is 42.6 Å². The summed E-state index contributed by atoms with van der Waals surface area (Å²) in [6, 6.07) is 4.57. The first-order chi connectivity index (χ1) is 12.6. The number of ether oxygens (including phenoxy) is 1. The third-order valence-corrected chi connectivity index (χ3v) is 4.51. The van der Waals surface area contributed by atoms with Gasteiger partial charge in [0.05, 0.1) is 11.7 Å². The summed E-state index contributed by atoms with van der Waals surface area (Å²) in [4.78, 5) is 20.5. The van der Waals surface area contributed by atoms with Gasteiger partial charge in [-0.3, -0.25) is 4.79 Å². The van der Waals surface area contributed by atoms with Crippen molar-refractivity contribution in [2.45, 2.75) is 45.0 Å². The predicted octanol–water partition coefficient (Wildman–Crippen LogP) is 3.65. The molecule has 0 radical (unpaired) electrons. The standard InChI is InChI=1S/C19H26F3N3O2/c1-13(2)27-18(25(4)16-8-10-24(3)11-9-16)23-17(26)14-6-5-7-15(12-14)19(20,21)22/h5-7,12-13,16H,8-11H2,1-4H3. The van der Waals surface area contributed by atoms with Gasteiger partial charge in [-0.1, -0.05) is 6.07 Å². The Morgan fingerprint density at radius 2 is 1.93 bits per heavy atom. The van der Waals surface area contributed by atoms with Crippen LogP contribution in [-0.2, 0) is 10.9 Å². The second-order valence-electron chi connectivity index (χ2n) is 7.09. The molecule has 1 heterocycles. The monoisotopic (exact) mass is 385 g/mol. The molecule has 0 atom stereocenters. The molecule has 0 bridgehead atoms. The fourth-order valence-electron chi connectivity index (χ4n) is 2.92. The lowest BCUT2D eigenvalue weighted by Crippen LogP contribution is -2.46. The van der Waals surface area contributed by atoms with Gasteiger partial charge in [-0.2, -0.15) is 18.2 Å². The molecule has 0 aliphatic carbocycles. The van der Waals surface area contributed by atoms with E-state index in [-0.39, 0.29) is 23.7 Å². The molecule has 1 fully saturated rings. The largest absolute Gasteiger partial charge is 0.462 e. The normalized spacial score (nSPS) is 17.3. The van der Waals surface area contributed by atoms with Crippen LogP contribution in [0, 0.1) is 0 Å². The van der Waals surface area contributed by atoms with Crippen molar-refractivity contribution < 1.29 is 22.7 Å². The van der Waals surface area contributed by atoms with Gasteiger partial charge < -0.3 is 14.5 Å². The van der Waals surface area contributed by atoms with Gasteiger partial charge in [0.15, 0.2) is 0 Å². The summed E-state index contributed by atoms with van der Waals surface area (Å²) in [6.07, 6.45) is -2.94. The molecule has 1 aromatic rings. The van der Waals surface area contributed by atoms with Crippen molar-refractivity contribution >= 4 is 11.9 Å². The first-order valence-corrected chi connectivity index (χ1v) is 8.96. The molecule has 1 aromatic carbocycles. The number of hydrogen-bond acceptors (Lipinski definition) is 3. The number of piperidine rings is 1. The molecular formula is C19H26F3N3O2. The minimum Gasteiger partial charge on any atom is -0.462 e. The highest BCUT2D eigenvalue weighted by molar-refractivity contribution is 6.01. The van der Waals surface area contributed by atoms with E-state index >= 15 is 0 Å². The highest BCUT2D eigenvalue weighted by Gasteiger charge is 2.31. The van der Waals surface area contributed by atoms with E-state index in [9.17, 15) is 18.0 Å². The van der Waals surface area contributed by atoms with E-state index in [0.717, 1.165) is 38.1 Å². The Hall–Kier alpha value is -2.09. The van der Waals surface area contributed by atoms with Crippen molar-refractivity contribution in [2.24, 2.45) is 4.99 Å². The quantitative estimate of drug-likeness (QED) is 0.589. The molecule has 0 aromatic heterocycles. The molecule has 5 nitrogen and oxygen atoms in total. The minimum atomic E-state index is -4.51. The Bertz CT molecular complexity index is 681. The maximum atomic E-state index is 12.9. The summed E-state index contributed by atoms with van der Waals surface area (Å²) in [5.41, 5.74) is -0.995. The molecule has 1 saturated heterocycles. The highest BCUT2D eigenvalue weighted by atomic mass is 19.4. The maximum Gasteiger partial charge on any atom is 0.416 e. The van der Waals surface area contributed by atoms with Crippen LogP contribution in [0.15, 0.2) is 29.3 Å². The van der Waals surface area contributed by atoms with Crippen LogP contribution in [0.4, 0.5) is 13.2 Å². The number of amidine groups is 1. The predicted molar refractivity (Wildman–Crippen MR) is 97.7 cm³/mol. The summed E-state index contributed by atoms with van der Waals surface area (Å²) in [6.45, 7) is 5.47. The van der Waals surface area contributed by atoms with Gasteiger partial charge >= 0.3 is 6.18 Å². The Balaban J connectivity index is 2.24. The van der Waals surface area contributed by atoms with E-state index in [1.54, 1.807) is 7.05 Å². The number of carbonyl (C=O) groups excluding carboxylic acids is 1. The number of nitrogens with zero attached hydrogens (tertiary/aromatic N) is 3. The van der Waals surface area contributed by atoms with Crippen LogP contribution < -0.4 is 0 Å². The van der Waals surface area contributed by atoms with Crippen LogP contribution in [0.3, 0.4) is 0 Å². The van der Waals surface area contributed by atoms with Gasteiger partial charge in [-0.15, -0.1) is 0 Å². The number of rotatable bonds is 3. The SMILES string of the molecule is CC(C)OC(=NC(=O)c1cccc(C(F)(F)F)c1)N(C)C1CCN(C)CC1. The van der Waals surface area contributed by atoms with Gasteiger partial charge in [-0.25, -0.2) is 0 Å². The number of likely N-dealkylation sites (tertiary alicyclic amines) is 1. The molecule has 0 N–H and O–H groups in total. The van der Waals surface area contributed by atoms with Gasteiger partial charge in [0.25, 0.3) is 11.9 Å². The average Bonchev–Trinajstić information content (AvgIpc) is 2.60. The third kappa shape index (κ3) is 5.95. The molecule has 1 aliphatic heterocycles. The van der Waals surface area contributed by atoms with Crippen LogP contribution >= 0.6 is 0 Å². The fraction of sp³-hybridized carbons (Fsp3) is 0.579. The average molecular weight is 385 g/mol. The second kappa shape index (κ2) is 8.73. The summed E-state index contributed by atoms with van der Waals surface area (Å²) >= 11 is 0. The molecule has 0 unspecified atom stereocenters. The van der Waals surface area contributed by atoms with E-state index in [1.165, 1.54) is 12.1 Å². The van der Waals surface area contributed by atoms with Gasteiger partial charge in [-0.05, 0) is 65.0 Å². The van der Waals surface area contributed by atoms with Crippen LogP contribution in [0.5, 0.6) is 0 Å². The molecule has 27 heavy (non-hydrogen) atoms. The van der Waals surface area contributed by atoms with E-state index in [0.29, 0.717) is 0 Å². The molecule has 2 rings (SSSR count). The molecule has 150 valence electrons. The first kappa shape index (κ1) is 21.2. The van der Waals surface area contributed by atoms with Crippen LogP contribution in [-0.4, -0.2) is 61.1 Å². The molecule has 1 amide bonds. The summed E-state index contributed by atoms with van der Waals surface area (Å²) in [7, 11) is 3.85. The van der Waals surface area contributed by atoms with E-state index in [4.69, 9.17) is 4.74 Å². The highest BCUT2D eigenvalue weighted by Crippen LogP contribution is 2.29. The van der Waals surface area contributed by atoms with Crippen LogP contribution in [0.25, 0.3) is 0 Å². The molecule has 0 spiro atoms. The van der Waals surface area contributed by atoms with Crippen molar-refractivity contribution in [1.29, 1.82) is 0 Å². The number of hydrogen-bond donors (Lipinski definition) is 0.